The SMILES string of the molecule is CS(=O)(=O)c1ccc(-c2oc(CCOc3ccc(F)cc3)nc2-c2ccccc2)cc1.CS(=O)(=O)c1ccc(-c2oc(COc3ccc(C(=O)O)cc3)nc2-c2ccccc2)cc1. The Morgan fingerprint density at radius 1 is 0.556 bits per heavy atom. The molecule has 0 atom stereocenters. The van der Waals surface area contributed by atoms with Gasteiger partial charge < -0.3 is 23.4 Å². The molecule has 1 N–H and O–H groups in total. The van der Waals surface area contributed by atoms with Crippen molar-refractivity contribution in [2.24, 2.45) is 0 Å². The molecule has 2 aromatic heterocycles. The summed E-state index contributed by atoms with van der Waals surface area (Å²) < 4.78 is 83.4. The minimum Gasteiger partial charge on any atom is -0.493 e. The number of benzene rings is 6. The molecule has 6 aromatic carbocycles. The van der Waals surface area contributed by atoms with Gasteiger partial charge in [-0.05, 0) is 97.1 Å². The van der Waals surface area contributed by atoms with Crippen LogP contribution in [0.3, 0.4) is 0 Å². The zero-order valence-corrected chi connectivity index (χ0v) is 35.5. The van der Waals surface area contributed by atoms with E-state index in [1.807, 2.05) is 60.7 Å². The van der Waals surface area contributed by atoms with E-state index in [2.05, 4.69) is 9.97 Å². The quantitative estimate of drug-likeness (QED) is 0.110. The molecule has 0 aliphatic rings. The second-order valence-corrected chi connectivity index (χ2v) is 18.1. The minimum absolute atomic E-state index is 0.0354. The summed E-state index contributed by atoms with van der Waals surface area (Å²) in [4.78, 5) is 20.7. The Labute approximate surface area is 363 Å². The van der Waals surface area contributed by atoms with Crippen molar-refractivity contribution >= 4 is 25.6 Å². The van der Waals surface area contributed by atoms with Gasteiger partial charge in [0.15, 0.2) is 43.7 Å². The number of aromatic nitrogens is 2. The lowest BCUT2D eigenvalue weighted by atomic mass is 10.1. The van der Waals surface area contributed by atoms with E-state index < -0.39 is 25.6 Å². The Balaban J connectivity index is 0.000000189. The number of ether oxygens (including phenoxy) is 2. The summed E-state index contributed by atoms with van der Waals surface area (Å²) in [5.41, 5.74) is 4.58. The minimum atomic E-state index is -3.31. The second kappa shape index (κ2) is 19.1. The molecular weight excluding hydrogens is 848 g/mol. The summed E-state index contributed by atoms with van der Waals surface area (Å²) in [7, 11) is -6.60. The molecule has 0 fully saturated rings. The van der Waals surface area contributed by atoms with Crippen molar-refractivity contribution in [2.45, 2.75) is 22.8 Å². The Bertz CT molecular complexity index is 3030. The lowest BCUT2D eigenvalue weighted by Gasteiger charge is -2.04. The predicted molar refractivity (Wildman–Crippen MR) is 234 cm³/mol. The number of hydrogen-bond acceptors (Lipinski definition) is 11. The van der Waals surface area contributed by atoms with E-state index in [4.69, 9.17) is 23.4 Å². The zero-order chi connectivity index (χ0) is 44.6. The van der Waals surface area contributed by atoms with Gasteiger partial charge in [0.25, 0.3) is 0 Å². The number of carboxylic acids is 1. The molecule has 0 saturated carbocycles. The maximum Gasteiger partial charge on any atom is 0.335 e. The number of oxazole rings is 2. The van der Waals surface area contributed by atoms with E-state index in [1.54, 1.807) is 60.7 Å². The van der Waals surface area contributed by atoms with Crippen molar-refractivity contribution in [1.82, 2.24) is 9.97 Å². The number of sulfone groups is 2. The molecule has 15 heteroatoms. The molecule has 0 aliphatic carbocycles. The highest BCUT2D eigenvalue weighted by Crippen LogP contribution is 2.35. The van der Waals surface area contributed by atoms with Crippen molar-refractivity contribution in [3.05, 3.63) is 181 Å². The molecule has 2 heterocycles. The number of carboxylic acid groups (broad SMARTS) is 1. The Morgan fingerprint density at radius 2 is 0.984 bits per heavy atom. The van der Waals surface area contributed by atoms with Crippen LogP contribution >= 0.6 is 0 Å². The van der Waals surface area contributed by atoms with Crippen molar-refractivity contribution in [3.63, 3.8) is 0 Å². The van der Waals surface area contributed by atoms with Crippen molar-refractivity contribution in [3.8, 4) is 56.7 Å². The van der Waals surface area contributed by atoms with Gasteiger partial charge in [0.1, 0.15) is 28.7 Å². The first kappa shape index (κ1) is 43.7. The second-order valence-electron chi connectivity index (χ2n) is 14.1. The first-order valence-corrected chi connectivity index (χ1v) is 23.1. The molecule has 320 valence electrons. The first-order valence-electron chi connectivity index (χ1n) is 19.3. The predicted octanol–water partition coefficient (Wildman–Crippen LogP) is 9.86. The van der Waals surface area contributed by atoms with E-state index in [-0.39, 0.29) is 27.8 Å². The summed E-state index contributed by atoms with van der Waals surface area (Å²) in [6.07, 6.45) is 2.74. The van der Waals surface area contributed by atoms with E-state index in [1.165, 1.54) is 42.7 Å². The molecule has 8 aromatic rings. The van der Waals surface area contributed by atoms with Crippen molar-refractivity contribution in [2.75, 3.05) is 19.1 Å². The molecule has 0 aliphatic heterocycles. The first-order chi connectivity index (χ1) is 30.2. The Hall–Kier alpha value is -7.36. The summed E-state index contributed by atoms with van der Waals surface area (Å²) in [6, 6.07) is 43.9. The molecular formula is C48H39FN2O10S2. The van der Waals surface area contributed by atoms with Crippen LogP contribution < -0.4 is 9.47 Å². The van der Waals surface area contributed by atoms with Crippen LogP contribution in [0.1, 0.15) is 22.1 Å². The number of hydrogen-bond donors (Lipinski definition) is 1. The molecule has 0 spiro atoms. The van der Waals surface area contributed by atoms with Crippen LogP contribution in [0.2, 0.25) is 0 Å². The normalized spacial score (nSPS) is 11.3. The summed E-state index contributed by atoms with van der Waals surface area (Å²) in [5.74, 6) is 1.58. The fourth-order valence-corrected chi connectivity index (χ4v) is 7.47. The van der Waals surface area contributed by atoms with Gasteiger partial charge >= 0.3 is 5.97 Å². The maximum absolute atomic E-state index is 13.0. The van der Waals surface area contributed by atoms with Gasteiger partial charge in [-0.3, -0.25) is 0 Å². The Kier molecular flexibility index (Phi) is 13.3. The van der Waals surface area contributed by atoms with E-state index in [0.29, 0.717) is 64.8 Å². The number of nitrogens with zero attached hydrogens (tertiary/aromatic N) is 2. The average Bonchev–Trinajstić information content (AvgIpc) is 3.92. The number of aromatic carboxylic acids is 1. The highest BCUT2D eigenvalue weighted by molar-refractivity contribution is 7.91. The number of carbonyl (C=O) groups is 1. The van der Waals surface area contributed by atoms with Crippen molar-refractivity contribution < 1.29 is 49.4 Å². The fraction of sp³-hybridized carbons (Fsp3) is 0.104. The van der Waals surface area contributed by atoms with E-state index in [9.17, 15) is 26.0 Å². The van der Waals surface area contributed by atoms with Crippen LogP contribution in [-0.2, 0) is 32.7 Å². The van der Waals surface area contributed by atoms with Crippen LogP contribution in [0, 0.1) is 5.82 Å². The third-order valence-electron chi connectivity index (χ3n) is 9.39. The average molecular weight is 887 g/mol. The lowest BCUT2D eigenvalue weighted by molar-refractivity contribution is 0.0696. The molecule has 8 rings (SSSR count). The monoisotopic (exact) mass is 886 g/mol. The standard InChI is InChI=1S/C24H20FNO4S.C24H19NO6S/c1-31(27,28)21-13-7-18(8-14-21)24-23(17-5-3-2-4-6-17)26-22(30-24)15-16-29-20-11-9-19(25)10-12-20;1-32(28,29)20-13-9-17(10-14-20)23-22(16-5-3-2-4-6-16)25-21(31-23)15-30-19-11-7-18(8-12-19)24(26)27/h2-14H,15-16H2,1H3;2-14H,15H2,1H3,(H,26,27). The number of rotatable bonds is 14. The molecule has 63 heavy (non-hydrogen) atoms. The van der Waals surface area contributed by atoms with Crippen molar-refractivity contribution in [1.29, 1.82) is 0 Å². The van der Waals surface area contributed by atoms with Gasteiger partial charge in [-0.2, -0.15) is 0 Å². The molecule has 0 radical (unpaired) electrons. The van der Waals surface area contributed by atoms with Gasteiger partial charge in [0.2, 0.25) is 5.89 Å². The van der Waals surface area contributed by atoms with Gasteiger partial charge in [0.05, 0.1) is 28.4 Å². The fourth-order valence-electron chi connectivity index (χ4n) is 6.21. The third-order valence-corrected chi connectivity index (χ3v) is 11.6. The maximum atomic E-state index is 13.0. The van der Waals surface area contributed by atoms with E-state index >= 15 is 0 Å². The van der Waals surface area contributed by atoms with Gasteiger partial charge in [-0.1, -0.05) is 60.7 Å². The summed E-state index contributed by atoms with van der Waals surface area (Å²) in [6.45, 7) is 0.348. The van der Waals surface area contributed by atoms with Gasteiger partial charge in [0, 0.05) is 34.8 Å². The summed E-state index contributed by atoms with van der Waals surface area (Å²) >= 11 is 0. The highest BCUT2D eigenvalue weighted by atomic mass is 32.2. The van der Waals surface area contributed by atoms with Crippen LogP contribution in [0.25, 0.3) is 45.2 Å². The smallest absolute Gasteiger partial charge is 0.335 e. The van der Waals surface area contributed by atoms with Gasteiger partial charge in [-0.15, -0.1) is 0 Å². The molecule has 12 nitrogen and oxygen atoms in total. The molecule has 0 unspecified atom stereocenters. The van der Waals surface area contributed by atoms with E-state index in [0.717, 1.165) is 22.9 Å². The lowest BCUT2D eigenvalue weighted by Crippen LogP contribution is -2.01. The largest absolute Gasteiger partial charge is 0.493 e. The van der Waals surface area contributed by atoms with Crippen LogP contribution in [-0.4, -0.2) is 57.0 Å². The third kappa shape index (κ3) is 11.3. The highest BCUT2D eigenvalue weighted by Gasteiger charge is 2.20. The van der Waals surface area contributed by atoms with Gasteiger partial charge in [-0.25, -0.2) is 36.0 Å². The zero-order valence-electron chi connectivity index (χ0n) is 33.8. The molecule has 0 saturated heterocycles. The topological polar surface area (TPSA) is 176 Å². The molecule has 0 bridgehead atoms. The summed E-state index contributed by atoms with van der Waals surface area (Å²) in [5, 5.41) is 9.00. The van der Waals surface area contributed by atoms with Crippen LogP contribution in [0.15, 0.2) is 176 Å². The van der Waals surface area contributed by atoms with Crippen LogP contribution in [0.4, 0.5) is 4.39 Å². The van der Waals surface area contributed by atoms with Crippen LogP contribution in [0.5, 0.6) is 11.5 Å². The Morgan fingerprint density at radius 3 is 1.44 bits per heavy atom. The number of halogens is 1. The molecule has 0 amide bonds.